The summed E-state index contributed by atoms with van der Waals surface area (Å²) >= 11 is 0. The Kier molecular flexibility index (Phi) is 6.31. The lowest BCUT2D eigenvalue weighted by molar-refractivity contribution is -0.140. The number of allylic oxidation sites excluding steroid dienone is 1. The number of nitriles is 1. The molecule has 4 nitrogen and oxygen atoms in total. The van der Waals surface area contributed by atoms with Crippen molar-refractivity contribution in [2.75, 3.05) is 19.7 Å². The van der Waals surface area contributed by atoms with E-state index in [1.54, 1.807) is 13.8 Å². The molecule has 1 aliphatic heterocycles. The third-order valence-corrected chi connectivity index (χ3v) is 2.06. The van der Waals surface area contributed by atoms with Crippen molar-refractivity contribution in [1.29, 1.82) is 5.26 Å². The summed E-state index contributed by atoms with van der Waals surface area (Å²) in [5.41, 5.74) is -0.120. The van der Waals surface area contributed by atoms with Crippen molar-refractivity contribution in [3.8, 4) is 6.07 Å². The number of hydrogen-bond acceptors (Lipinski definition) is 4. The van der Waals surface area contributed by atoms with E-state index in [-0.39, 0.29) is 5.78 Å². The zero-order valence-electron chi connectivity index (χ0n) is 9.88. The molecule has 1 fully saturated rings. The van der Waals surface area contributed by atoms with E-state index in [0.717, 1.165) is 6.54 Å². The first-order valence-corrected chi connectivity index (χ1v) is 5.03. The summed E-state index contributed by atoms with van der Waals surface area (Å²) in [6, 6.07) is 1.83. The lowest BCUT2D eigenvalue weighted by atomic mass is 9.99. The Labute approximate surface area is 96.6 Å². The number of morpholine rings is 1. The van der Waals surface area contributed by atoms with E-state index in [1.807, 2.05) is 6.07 Å². The van der Waals surface area contributed by atoms with Crippen LogP contribution in [0, 0.1) is 11.3 Å². The molecular formula is C12H18N2O2. The Morgan fingerprint density at radius 2 is 2.25 bits per heavy atom. The van der Waals surface area contributed by atoms with Gasteiger partial charge in [0.2, 0.25) is 0 Å². The van der Waals surface area contributed by atoms with Crippen LogP contribution in [0.5, 0.6) is 0 Å². The van der Waals surface area contributed by atoms with E-state index in [9.17, 15) is 4.79 Å². The van der Waals surface area contributed by atoms with E-state index in [4.69, 9.17) is 10.00 Å². The van der Waals surface area contributed by atoms with Crippen LogP contribution in [0.3, 0.4) is 0 Å². The van der Waals surface area contributed by atoms with E-state index in [1.165, 1.54) is 6.08 Å². The number of ketones is 1. The molecular weight excluding hydrogens is 204 g/mol. The van der Waals surface area contributed by atoms with E-state index in [0.29, 0.717) is 18.7 Å². The lowest BCUT2D eigenvalue weighted by Crippen LogP contribution is -2.52. The smallest absolute Gasteiger partial charge is 0.187 e. The zero-order valence-corrected chi connectivity index (χ0v) is 9.88. The molecule has 1 rings (SSSR count). The second-order valence-corrected chi connectivity index (χ2v) is 3.72. The van der Waals surface area contributed by atoms with Gasteiger partial charge in [-0.15, -0.1) is 0 Å². The third kappa shape index (κ3) is 4.87. The molecule has 88 valence electrons. The van der Waals surface area contributed by atoms with E-state index in [2.05, 4.69) is 18.5 Å². The second-order valence-electron chi connectivity index (χ2n) is 3.72. The highest BCUT2D eigenvalue weighted by Gasteiger charge is 2.33. The highest BCUT2D eigenvalue weighted by Crippen LogP contribution is 2.13. The topological polar surface area (TPSA) is 62.1 Å². The zero-order chi connectivity index (χ0) is 12.6. The van der Waals surface area contributed by atoms with Crippen LogP contribution in [0.25, 0.3) is 0 Å². The molecule has 0 bridgehead atoms. The molecule has 0 radical (unpaired) electrons. The molecule has 0 saturated carbocycles. The molecule has 0 amide bonds. The number of hydrogen-bond donors (Lipinski definition) is 1. The van der Waals surface area contributed by atoms with Crippen LogP contribution in [0.4, 0.5) is 0 Å². The fraction of sp³-hybridized carbons (Fsp3) is 0.500. The molecule has 0 aromatic carbocycles. The Morgan fingerprint density at radius 1 is 1.69 bits per heavy atom. The molecule has 0 spiro atoms. The summed E-state index contributed by atoms with van der Waals surface area (Å²) in [5.74, 6) is -0.0512. The first-order chi connectivity index (χ1) is 7.46. The van der Waals surface area contributed by atoms with Gasteiger partial charge < -0.3 is 10.1 Å². The predicted octanol–water partition coefficient (Wildman–Crippen LogP) is 1.21. The average molecular weight is 222 g/mol. The fourth-order valence-electron chi connectivity index (χ4n) is 1.10. The van der Waals surface area contributed by atoms with Gasteiger partial charge in [-0.2, -0.15) is 5.26 Å². The monoisotopic (exact) mass is 222 g/mol. The normalized spacial score (nSPS) is 23.3. The molecule has 1 aliphatic rings. The molecule has 0 aromatic heterocycles. The standard InChI is InChI=1S/C8H13NO2.C4H5N/c1-3-7(10)8(2)6-9-4-5-11-8;1-4(2)3-5/h3,9H,1,4-6H2,2H3;1H2,2H3. The quantitative estimate of drug-likeness (QED) is 0.563. The Bertz CT molecular complexity index is 309. The minimum Gasteiger partial charge on any atom is -0.364 e. The SMILES string of the molecule is C=C(C)C#N.C=CC(=O)C1(C)CNCCO1. The second kappa shape index (κ2) is 6.94. The number of carbonyl (C=O) groups excluding carboxylic acids is 1. The van der Waals surface area contributed by atoms with Crippen LogP contribution < -0.4 is 5.32 Å². The molecule has 1 N–H and O–H groups in total. The van der Waals surface area contributed by atoms with Gasteiger partial charge in [0.05, 0.1) is 12.7 Å². The third-order valence-electron chi connectivity index (χ3n) is 2.06. The van der Waals surface area contributed by atoms with Gasteiger partial charge in [0.1, 0.15) is 5.60 Å². The maximum atomic E-state index is 11.2. The van der Waals surface area contributed by atoms with Crippen molar-refractivity contribution in [3.63, 3.8) is 0 Å². The van der Waals surface area contributed by atoms with E-state index < -0.39 is 5.60 Å². The summed E-state index contributed by atoms with van der Waals surface area (Å²) in [6.07, 6.45) is 1.31. The fourth-order valence-corrected chi connectivity index (χ4v) is 1.10. The largest absolute Gasteiger partial charge is 0.364 e. The first-order valence-electron chi connectivity index (χ1n) is 5.03. The number of rotatable bonds is 2. The van der Waals surface area contributed by atoms with Gasteiger partial charge in [0.15, 0.2) is 5.78 Å². The summed E-state index contributed by atoms with van der Waals surface area (Å²) < 4.78 is 5.33. The van der Waals surface area contributed by atoms with Crippen LogP contribution in [-0.2, 0) is 9.53 Å². The minimum atomic E-state index is -0.681. The molecule has 0 aromatic rings. The van der Waals surface area contributed by atoms with Crippen molar-refractivity contribution in [3.05, 3.63) is 24.8 Å². The summed E-state index contributed by atoms with van der Waals surface area (Å²) in [6.45, 7) is 12.2. The average Bonchev–Trinajstić information content (AvgIpc) is 2.29. The van der Waals surface area contributed by atoms with Gasteiger partial charge in [-0.25, -0.2) is 0 Å². The Morgan fingerprint density at radius 3 is 2.56 bits per heavy atom. The van der Waals surface area contributed by atoms with Crippen LogP contribution in [0.15, 0.2) is 24.8 Å². The molecule has 16 heavy (non-hydrogen) atoms. The molecule has 1 heterocycles. The minimum absolute atomic E-state index is 0.0512. The van der Waals surface area contributed by atoms with Crippen molar-refractivity contribution >= 4 is 5.78 Å². The molecule has 1 saturated heterocycles. The van der Waals surface area contributed by atoms with E-state index >= 15 is 0 Å². The van der Waals surface area contributed by atoms with Crippen molar-refractivity contribution in [2.24, 2.45) is 0 Å². The summed E-state index contributed by atoms with van der Waals surface area (Å²) in [7, 11) is 0. The van der Waals surface area contributed by atoms with Gasteiger partial charge >= 0.3 is 0 Å². The van der Waals surface area contributed by atoms with Gasteiger partial charge in [0.25, 0.3) is 0 Å². The Hall–Kier alpha value is -1.44. The highest BCUT2D eigenvalue weighted by atomic mass is 16.5. The highest BCUT2D eigenvalue weighted by molar-refractivity contribution is 5.96. The number of nitrogens with zero attached hydrogens (tertiary/aromatic N) is 1. The first kappa shape index (κ1) is 14.6. The van der Waals surface area contributed by atoms with Gasteiger partial charge in [-0.3, -0.25) is 4.79 Å². The predicted molar refractivity (Wildman–Crippen MR) is 62.9 cm³/mol. The number of carbonyl (C=O) groups is 1. The number of nitrogens with one attached hydrogen (secondary N) is 1. The van der Waals surface area contributed by atoms with Crippen molar-refractivity contribution in [1.82, 2.24) is 5.32 Å². The molecule has 4 heteroatoms. The Balaban J connectivity index is 0.000000385. The molecule has 1 atom stereocenters. The van der Waals surface area contributed by atoms with Crippen LogP contribution >= 0.6 is 0 Å². The molecule has 0 aliphatic carbocycles. The van der Waals surface area contributed by atoms with Gasteiger partial charge in [0, 0.05) is 18.7 Å². The van der Waals surface area contributed by atoms with Gasteiger partial charge in [-0.1, -0.05) is 13.2 Å². The van der Waals surface area contributed by atoms with Crippen molar-refractivity contribution in [2.45, 2.75) is 19.4 Å². The summed E-state index contributed by atoms with van der Waals surface area (Å²) in [4.78, 5) is 11.2. The lowest BCUT2D eigenvalue weighted by Gasteiger charge is -2.31. The molecule has 1 unspecified atom stereocenters. The van der Waals surface area contributed by atoms with Gasteiger partial charge in [-0.05, 0) is 19.9 Å². The van der Waals surface area contributed by atoms with Crippen LogP contribution in [0.1, 0.15) is 13.8 Å². The summed E-state index contributed by atoms with van der Waals surface area (Å²) in [5, 5.41) is 10.9. The maximum Gasteiger partial charge on any atom is 0.187 e. The number of ether oxygens (including phenoxy) is 1. The maximum absolute atomic E-state index is 11.2. The van der Waals surface area contributed by atoms with Crippen molar-refractivity contribution < 1.29 is 9.53 Å². The van der Waals surface area contributed by atoms with Crippen LogP contribution in [-0.4, -0.2) is 31.1 Å². The van der Waals surface area contributed by atoms with Crippen LogP contribution in [0.2, 0.25) is 0 Å².